The Hall–Kier alpha value is -0.860. The van der Waals surface area contributed by atoms with Crippen molar-refractivity contribution in [2.75, 3.05) is 6.54 Å². The van der Waals surface area contributed by atoms with Gasteiger partial charge >= 0.3 is 0 Å². The SMILES string of the molecule is CCNC(c1ccc(CC)cc1)C1CCC(C)O1. The van der Waals surface area contributed by atoms with Crippen LogP contribution in [0.15, 0.2) is 24.3 Å². The highest BCUT2D eigenvalue weighted by Crippen LogP contribution is 2.30. The van der Waals surface area contributed by atoms with Crippen molar-refractivity contribution in [1.82, 2.24) is 5.32 Å². The lowest BCUT2D eigenvalue weighted by molar-refractivity contribution is 0.0319. The first-order chi connectivity index (χ1) is 8.74. The van der Waals surface area contributed by atoms with Crippen LogP contribution in [0.1, 0.15) is 50.8 Å². The molecule has 1 heterocycles. The van der Waals surface area contributed by atoms with Gasteiger partial charge in [0.05, 0.1) is 18.2 Å². The fourth-order valence-electron chi connectivity index (χ4n) is 2.72. The Morgan fingerprint density at radius 3 is 2.44 bits per heavy atom. The Kier molecular flexibility index (Phi) is 4.79. The molecule has 1 fully saturated rings. The van der Waals surface area contributed by atoms with Crippen molar-refractivity contribution in [2.24, 2.45) is 0 Å². The van der Waals surface area contributed by atoms with E-state index in [1.807, 2.05) is 0 Å². The summed E-state index contributed by atoms with van der Waals surface area (Å²) in [7, 11) is 0. The number of hydrogen-bond acceptors (Lipinski definition) is 2. The molecule has 18 heavy (non-hydrogen) atoms. The van der Waals surface area contributed by atoms with Gasteiger partial charge in [-0.15, -0.1) is 0 Å². The van der Waals surface area contributed by atoms with E-state index in [-0.39, 0.29) is 0 Å². The van der Waals surface area contributed by atoms with Gasteiger partial charge in [0.15, 0.2) is 0 Å². The van der Waals surface area contributed by atoms with Crippen molar-refractivity contribution >= 4 is 0 Å². The quantitative estimate of drug-likeness (QED) is 0.860. The van der Waals surface area contributed by atoms with Gasteiger partial charge in [0.1, 0.15) is 0 Å². The number of benzene rings is 1. The van der Waals surface area contributed by atoms with Gasteiger partial charge in [-0.2, -0.15) is 0 Å². The molecule has 0 aromatic heterocycles. The van der Waals surface area contributed by atoms with Crippen LogP contribution in [0.3, 0.4) is 0 Å². The monoisotopic (exact) mass is 247 g/mol. The Morgan fingerprint density at radius 1 is 1.22 bits per heavy atom. The van der Waals surface area contributed by atoms with Crippen LogP contribution in [0.4, 0.5) is 0 Å². The second kappa shape index (κ2) is 6.35. The Morgan fingerprint density at radius 2 is 1.94 bits per heavy atom. The number of likely N-dealkylation sites (N-methyl/N-ethyl adjacent to an activating group) is 1. The molecule has 3 atom stereocenters. The average Bonchev–Trinajstić information content (AvgIpc) is 2.82. The molecule has 0 radical (unpaired) electrons. The van der Waals surface area contributed by atoms with E-state index < -0.39 is 0 Å². The maximum atomic E-state index is 6.02. The molecule has 1 aliphatic heterocycles. The summed E-state index contributed by atoms with van der Waals surface area (Å²) in [5, 5.41) is 3.57. The molecule has 1 saturated heterocycles. The van der Waals surface area contributed by atoms with Crippen LogP contribution in [0, 0.1) is 0 Å². The number of ether oxygens (including phenoxy) is 1. The third-order valence-corrected chi connectivity index (χ3v) is 3.81. The van der Waals surface area contributed by atoms with E-state index in [4.69, 9.17) is 4.74 Å². The Labute approximate surface area is 111 Å². The summed E-state index contributed by atoms with van der Waals surface area (Å²) in [4.78, 5) is 0. The van der Waals surface area contributed by atoms with Crippen LogP contribution in [0.25, 0.3) is 0 Å². The van der Waals surface area contributed by atoms with Crippen LogP contribution >= 0.6 is 0 Å². The lowest BCUT2D eigenvalue weighted by atomic mass is 9.97. The molecule has 0 bridgehead atoms. The molecule has 1 N–H and O–H groups in total. The fraction of sp³-hybridized carbons (Fsp3) is 0.625. The predicted octanol–water partition coefficient (Wildman–Crippen LogP) is 3.47. The summed E-state index contributed by atoms with van der Waals surface area (Å²) in [6, 6.07) is 9.30. The smallest absolute Gasteiger partial charge is 0.0774 e. The van der Waals surface area contributed by atoms with Crippen LogP contribution < -0.4 is 5.32 Å². The average molecular weight is 247 g/mol. The topological polar surface area (TPSA) is 21.3 Å². The molecular weight excluding hydrogens is 222 g/mol. The second-order valence-electron chi connectivity index (χ2n) is 5.19. The van der Waals surface area contributed by atoms with Crippen LogP contribution in [0.5, 0.6) is 0 Å². The zero-order chi connectivity index (χ0) is 13.0. The highest BCUT2D eigenvalue weighted by molar-refractivity contribution is 5.26. The zero-order valence-electron chi connectivity index (χ0n) is 11.8. The molecule has 100 valence electrons. The number of hydrogen-bond donors (Lipinski definition) is 1. The van der Waals surface area contributed by atoms with E-state index in [0.717, 1.165) is 19.4 Å². The third-order valence-electron chi connectivity index (χ3n) is 3.81. The maximum absolute atomic E-state index is 6.02. The molecule has 3 unspecified atom stereocenters. The van der Waals surface area contributed by atoms with Gasteiger partial charge in [-0.3, -0.25) is 0 Å². The van der Waals surface area contributed by atoms with Gasteiger partial charge in [0, 0.05) is 0 Å². The zero-order valence-corrected chi connectivity index (χ0v) is 11.8. The first kappa shape index (κ1) is 13.6. The van der Waals surface area contributed by atoms with E-state index >= 15 is 0 Å². The number of aryl methyl sites for hydroxylation is 1. The summed E-state index contributed by atoms with van der Waals surface area (Å²) in [5.74, 6) is 0. The Bertz CT molecular complexity index is 360. The molecule has 0 aliphatic carbocycles. The predicted molar refractivity (Wildman–Crippen MR) is 75.8 cm³/mol. The minimum Gasteiger partial charge on any atom is -0.373 e. The molecule has 1 aromatic rings. The maximum Gasteiger partial charge on any atom is 0.0774 e. The first-order valence-electron chi connectivity index (χ1n) is 7.22. The van der Waals surface area contributed by atoms with Gasteiger partial charge in [-0.1, -0.05) is 38.1 Å². The van der Waals surface area contributed by atoms with Crippen LogP contribution in [-0.2, 0) is 11.2 Å². The highest BCUT2D eigenvalue weighted by atomic mass is 16.5. The lowest BCUT2D eigenvalue weighted by Crippen LogP contribution is -2.32. The van der Waals surface area contributed by atoms with Crippen LogP contribution in [0.2, 0.25) is 0 Å². The molecule has 0 saturated carbocycles. The summed E-state index contributed by atoms with van der Waals surface area (Å²) < 4.78 is 6.02. The van der Waals surface area contributed by atoms with Gasteiger partial charge in [0.25, 0.3) is 0 Å². The van der Waals surface area contributed by atoms with Crippen molar-refractivity contribution in [3.63, 3.8) is 0 Å². The largest absolute Gasteiger partial charge is 0.373 e. The van der Waals surface area contributed by atoms with Gasteiger partial charge in [0.2, 0.25) is 0 Å². The van der Waals surface area contributed by atoms with E-state index in [1.165, 1.54) is 17.5 Å². The molecule has 2 heteroatoms. The van der Waals surface area contributed by atoms with E-state index in [1.54, 1.807) is 0 Å². The summed E-state index contributed by atoms with van der Waals surface area (Å²) in [6.07, 6.45) is 4.18. The molecule has 2 rings (SSSR count). The molecule has 1 aromatic carbocycles. The van der Waals surface area contributed by atoms with Crippen molar-refractivity contribution < 1.29 is 4.74 Å². The first-order valence-corrected chi connectivity index (χ1v) is 7.22. The normalized spacial score (nSPS) is 25.3. The lowest BCUT2D eigenvalue weighted by Gasteiger charge is -2.25. The van der Waals surface area contributed by atoms with Crippen molar-refractivity contribution in [2.45, 2.75) is 58.3 Å². The molecule has 1 aliphatic rings. The van der Waals surface area contributed by atoms with E-state index in [0.29, 0.717) is 18.2 Å². The van der Waals surface area contributed by atoms with Crippen molar-refractivity contribution in [3.8, 4) is 0 Å². The van der Waals surface area contributed by atoms with Gasteiger partial charge in [-0.25, -0.2) is 0 Å². The van der Waals surface area contributed by atoms with E-state index in [9.17, 15) is 0 Å². The standard InChI is InChI=1S/C16H25NO/c1-4-13-7-9-14(10-8-13)16(17-5-2)15-11-6-12(3)18-15/h7-10,12,15-17H,4-6,11H2,1-3H3. The molecule has 0 spiro atoms. The van der Waals surface area contributed by atoms with Crippen LogP contribution in [-0.4, -0.2) is 18.8 Å². The minimum atomic E-state index is 0.326. The van der Waals surface area contributed by atoms with E-state index in [2.05, 4.69) is 50.4 Å². The van der Waals surface area contributed by atoms with Gasteiger partial charge < -0.3 is 10.1 Å². The molecular formula is C16H25NO. The summed E-state index contributed by atoms with van der Waals surface area (Å²) in [5.41, 5.74) is 2.75. The number of rotatable bonds is 5. The van der Waals surface area contributed by atoms with Crippen molar-refractivity contribution in [1.29, 1.82) is 0 Å². The fourth-order valence-corrected chi connectivity index (χ4v) is 2.72. The summed E-state index contributed by atoms with van der Waals surface area (Å²) >= 11 is 0. The third kappa shape index (κ3) is 3.12. The second-order valence-corrected chi connectivity index (χ2v) is 5.19. The minimum absolute atomic E-state index is 0.326. The molecule has 2 nitrogen and oxygen atoms in total. The molecule has 0 amide bonds. The number of nitrogens with one attached hydrogen (secondary N) is 1. The Balaban J connectivity index is 2.12. The van der Waals surface area contributed by atoms with Crippen molar-refractivity contribution in [3.05, 3.63) is 35.4 Å². The van der Waals surface area contributed by atoms with Gasteiger partial charge in [-0.05, 0) is 43.9 Å². The highest BCUT2D eigenvalue weighted by Gasteiger charge is 2.29. The summed E-state index contributed by atoms with van der Waals surface area (Å²) in [6.45, 7) is 7.50.